The first kappa shape index (κ1) is 16.8. The number of ether oxygens (including phenoxy) is 2. The van der Waals surface area contributed by atoms with E-state index in [0.29, 0.717) is 18.1 Å². The lowest BCUT2D eigenvalue weighted by molar-refractivity contribution is 0.0600. The topological polar surface area (TPSA) is 63.7 Å². The Hall–Kier alpha value is -3.08. The van der Waals surface area contributed by atoms with E-state index in [1.165, 1.54) is 7.11 Å². The van der Waals surface area contributed by atoms with Crippen molar-refractivity contribution in [2.24, 2.45) is 4.99 Å². The van der Waals surface area contributed by atoms with Crippen LogP contribution in [0.15, 0.2) is 65.4 Å². The van der Waals surface area contributed by atoms with Crippen molar-refractivity contribution < 1.29 is 14.3 Å². The van der Waals surface area contributed by atoms with Crippen LogP contribution in [0.4, 0.5) is 0 Å². The molecule has 5 nitrogen and oxygen atoms in total. The molecule has 1 aliphatic heterocycles. The van der Waals surface area contributed by atoms with Crippen molar-refractivity contribution in [3.8, 4) is 0 Å². The maximum Gasteiger partial charge on any atom is 0.337 e. The summed E-state index contributed by atoms with van der Waals surface area (Å²) in [6, 6.07) is 11.2. The molecule has 0 atom stereocenters. The Morgan fingerprint density at radius 3 is 2.52 bits per heavy atom. The number of hydrogen-bond donors (Lipinski definition) is 1. The molecule has 1 aliphatic rings. The SMILES string of the molecule is CCCOC1=N/C(=C(\c2ccc(C(=O)OC)cc2)c2ccc[nH]2)C=C1. The summed E-state index contributed by atoms with van der Waals surface area (Å²) >= 11 is 0. The van der Waals surface area contributed by atoms with Crippen molar-refractivity contribution in [2.45, 2.75) is 13.3 Å². The molecule has 2 heterocycles. The summed E-state index contributed by atoms with van der Waals surface area (Å²) < 4.78 is 10.4. The smallest absolute Gasteiger partial charge is 0.337 e. The standard InChI is InChI=1S/C20H20N2O3/c1-3-13-25-18-11-10-17(22-18)19(16-5-4-12-21-16)14-6-8-15(9-7-14)20(23)24-2/h4-12,21H,3,13H2,1-2H3/b19-17+. The number of hydrogen-bond acceptors (Lipinski definition) is 4. The van der Waals surface area contributed by atoms with Gasteiger partial charge >= 0.3 is 5.97 Å². The van der Waals surface area contributed by atoms with E-state index in [-0.39, 0.29) is 5.97 Å². The summed E-state index contributed by atoms with van der Waals surface area (Å²) in [7, 11) is 1.37. The van der Waals surface area contributed by atoms with E-state index >= 15 is 0 Å². The molecular weight excluding hydrogens is 316 g/mol. The van der Waals surface area contributed by atoms with Crippen LogP contribution in [-0.4, -0.2) is 30.6 Å². The number of H-pyrrole nitrogens is 1. The van der Waals surface area contributed by atoms with E-state index in [4.69, 9.17) is 9.47 Å². The molecular formula is C20H20N2O3. The van der Waals surface area contributed by atoms with Gasteiger partial charge in [0.15, 0.2) is 0 Å². The van der Waals surface area contributed by atoms with Crippen LogP contribution >= 0.6 is 0 Å². The van der Waals surface area contributed by atoms with E-state index in [1.54, 1.807) is 12.1 Å². The van der Waals surface area contributed by atoms with Crippen molar-refractivity contribution >= 4 is 17.4 Å². The first-order valence-electron chi connectivity index (χ1n) is 8.19. The van der Waals surface area contributed by atoms with Gasteiger partial charge in [-0.15, -0.1) is 0 Å². The predicted molar refractivity (Wildman–Crippen MR) is 97.4 cm³/mol. The largest absolute Gasteiger partial charge is 0.478 e. The Bertz CT molecular complexity index is 828. The number of allylic oxidation sites excluding steroid dienone is 1. The zero-order valence-electron chi connectivity index (χ0n) is 14.3. The highest BCUT2D eigenvalue weighted by atomic mass is 16.5. The molecule has 0 bridgehead atoms. The lowest BCUT2D eigenvalue weighted by Gasteiger charge is -2.09. The monoisotopic (exact) mass is 336 g/mol. The molecule has 25 heavy (non-hydrogen) atoms. The molecule has 5 heteroatoms. The number of aliphatic imine (C=N–C) groups is 1. The lowest BCUT2D eigenvalue weighted by Crippen LogP contribution is -2.01. The minimum Gasteiger partial charge on any atom is -0.478 e. The molecule has 2 aromatic rings. The van der Waals surface area contributed by atoms with Gasteiger partial charge in [-0.1, -0.05) is 19.1 Å². The molecule has 1 aromatic carbocycles. The van der Waals surface area contributed by atoms with Crippen molar-refractivity contribution in [2.75, 3.05) is 13.7 Å². The number of esters is 1. The molecule has 0 fully saturated rings. The highest BCUT2D eigenvalue weighted by molar-refractivity contribution is 5.96. The number of aromatic nitrogens is 1. The highest BCUT2D eigenvalue weighted by Gasteiger charge is 2.16. The molecule has 0 spiro atoms. The molecule has 0 aliphatic carbocycles. The molecule has 1 N–H and O–H groups in total. The molecule has 0 saturated heterocycles. The van der Waals surface area contributed by atoms with Crippen molar-refractivity contribution in [3.63, 3.8) is 0 Å². The summed E-state index contributed by atoms with van der Waals surface area (Å²) in [4.78, 5) is 19.4. The van der Waals surface area contributed by atoms with Gasteiger partial charge in [0.1, 0.15) is 0 Å². The van der Waals surface area contributed by atoms with E-state index in [1.807, 2.05) is 42.6 Å². The number of nitrogens with zero attached hydrogens (tertiary/aromatic N) is 1. The second-order valence-corrected chi connectivity index (χ2v) is 5.54. The number of benzene rings is 1. The van der Waals surface area contributed by atoms with E-state index in [9.17, 15) is 4.79 Å². The minimum atomic E-state index is -0.352. The van der Waals surface area contributed by atoms with Gasteiger partial charge in [-0.25, -0.2) is 9.79 Å². The number of methoxy groups -OCH3 is 1. The Labute approximate surface area is 146 Å². The summed E-state index contributed by atoms with van der Waals surface area (Å²) in [5.41, 5.74) is 4.19. The van der Waals surface area contributed by atoms with E-state index in [2.05, 4.69) is 16.9 Å². The Morgan fingerprint density at radius 1 is 1.12 bits per heavy atom. The molecule has 0 saturated carbocycles. The van der Waals surface area contributed by atoms with Crippen LogP contribution in [0.25, 0.3) is 5.57 Å². The van der Waals surface area contributed by atoms with Gasteiger partial charge in [-0.3, -0.25) is 0 Å². The van der Waals surface area contributed by atoms with Crippen LogP contribution in [0, 0.1) is 0 Å². The number of aromatic amines is 1. The van der Waals surface area contributed by atoms with Crippen LogP contribution < -0.4 is 0 Å². The fourth-order valence-electron chi connectivity index (χ4n) is 2.59. The highest BCUT2D eigenvalue weighted by Crippen LogP contribution is 2.29. The number of carbonyl (C=O) groups excluding carboxylic acids is 1. The molecule has 3 rings (SSSR count). The van der Waals surface area contributed by atoms with E-state index < -0.39 is 0 Å². The van der Waals surface area contributed by atoms with Gasteiger partial charge in [-0.05, 0) is 42.3 Å². The third-order valence-electron chi connectivity index (χ3n) is 3.79. The first-order chi connectivity index (χ1) is 12.2. The molecule has 0 amide bonds. The number of carbonyl (C=O) groups is 1. The fourth-order valence-corrected chi connectivity index (χ4v) is 2.59. The van der Waals surface area contributed by atoms with E-state index in [0.717, 1.165) is 28.9 Å². The van der Waals surface area contributed by atoms with Crippen LogP contribution in [0.5, 0.6) is 0 Å². The van der Waals surface area contributed by atoms with Gasteiger partial charge in [0.2, 0.25) is 5.90 Å². The van der Waals surface area contributed by atoms with Gasteiger partial charge in [-0.2, -0.15) is 0 Å². The van der Waals surface area contributed by atoms with Gasteiger partial charge in [0, 0.05) is 23.5 Å². The fraction of sp³-hybridized carbons (Fsp3) is 0.200. The Morgan fingerprint density at radius 2 is 1.88 bits per heavy atom. The second-order valence-electron chi connectivity index (χ2n) is 5.54. The molecule has 0 radical (unpaired) electrons. The average Bonchev–Trinajstić information content (AvgIpc) is 3.33. The number of nitrogens with one attached hydrogen (secondary N) is 1. The van der Waals surface area contributed by atoms with Crippen LogP contribution in [0.1, 0.15) is 35.0 Å². The first-order valence-corrected chi connectivity index (χ1v) is 8.19. The summed E-state index contributed by atoms with van der Waals surface area (Å²) in [6.07, 6.45) is 6.62. The predicted octanol–water partition coefficient (Wildman–Crippen LogP) is 3.96. The van der Waals surface area contributed by atoms with Gasteiger partial charge in [0.05, 0.1) is 25.0 Å². The lowest BCUT2D eigenvalue weighted by atomic mass is 9.99. The second kappa shape index (κ2) is 7.66. The van der Waals surface area contributed by atoms with Gasteiger partial charge < -0.3 is 14.5 Å². The van der Waals surface area contributed by atoms with Crippen LogP contribution in [0.3, 0.4) is 0 Å². The quantitative estimate of drug-likeness (QED) is 0.841. The average molecular weight is 336 g/mol. The maximum absolute atomic E-state index is 11.6. The van der Waals surface area contributed by atoms with Crippen molar-refractivity contribution in [1.82, 2.24) is 4.98 Å². The van der Waals surface area contributed by atoms with Crippen molar-refractivity contribution in [1.29, 1.82) is 0 Å². The third kappa shape index (κ3) is 3.71. The van der Waals surface area contributed by atoms with Crippen LogP contribution in [0.2, 0.25) is 0 Å². The molecule has 128 valence electrons. The molecule has 0 unspecified atom stereocenters. The minimum absolute atomic E-state index is 0.352. The zero-order valence-corrected chi connectivity index (χ0v) is 14.3. The molecule has 1 aromatic heterocycles. The zero-order chi connectivity index (χ0) is 17.6. The summed E-state index contributed by atoms with van der Waals surface area (Å²) in [5.74, 6) is 0.266. The van der Waals surface area contributed by atoms with Gasteiger partial charge in [0.25, 0.3) is 0 Å². The summed E-state index contributed by atoms with van der Waals surface area (Å²) in [6.45, 7) is 2.70. The normalized spacial score (nSPS) is 15.0. The van der Waals surface area contributed by atoms with Crippen molar-refractivity contribution in [3.05, 3.63) is 77.3 Å². The van der Waals surface area contributed by atoms with Crippen LogP contribution in [-0.2, 0) is 9.47 Å². The third-order valence-corrected chi connectivity index (χ3v) is 3.79. The summed E-state index contributed by atoms with van der Waals surface area (Å²) in [5, 5.41) is 0. The number of rotatable bonds is 5. The maximum atomic E-state index is 11.6. The Balaban J connectivity index is 2.00. The Kier molecular flexibility index (Phi) is 5.14.